The fraction of sp³-hybridized carbons (Fsp3) is 0.588. The number of amides is 1. The molecule has 7 heteroatoms. The Morgan fingerprint density at radius 2 is 2.00 bits per heavy atom. The second kappa shape index (κ2) is 9.15. The molecular formula is C17H25NO3S3. The van der Waals surface area contributed by atoms with Crippen molar-refractivity contribution in [1.82, 2.24) is 5.32 Å². The summed E-state index contributed by atoms with van der Waals surface area (Å²) in [6.45, 7) is 1.92. The van der Waals surface area contributed by atoms with Gasteiger partial charge in [-0.1, -0.05) is 40.1 Å². The van der Waals surface area contributed by atoms with E-state index in [-0.39, 0.29) is 11.9 Å². The number of rotatable bonds is 8. The van der Waals surface area contributed by atoms with Crippen LogP contribution in [0.1, 0.15) is 50.6 Å². The summed E-state index contributed by atoms with van der Waals surface area (Å²) in [4.78, 5) is 12.3. The van der Waals surface area contributed by atoms with Crippen LogP contribution in [0.4, 0.5) is 0 Å². The minimum absolute atomic E-state index is 0.0585. The Morgan fingerprint density at radius 1 is 1.29 bits per heavy atom. The second-order valence-electron chi connectivity index (χ2n) is 6.21. The first-order valence-corrected chi connectivity index (χ1v) is 12.5. The number of carbonyl (C=O) groups is 1. The van der Waals surface area contributed by atoms with Crippen LogP contribution in [-0.2, 0) is 14.6 Å². The standard InChI is InChI=1S/C17H25NO3S3/c1-13(14-7-9-16(10-8-14)24(2,20)21)18-17(19)6-4-3-5-15-11-12-22-23-15/h7-10,13,15H,3-6,11-12H2,1-2H3,(H,18,19). The molecule has 0 aliphatic carbocycles. The van der Waals surface area contributed by atoms with Crippen molar-refractivity contribution >= 4 is 37.3 Å². The van der Waals surface area contributed by atoms with E-state index in [2.05, 4.69) is 5.32 Å². The van der Waals surface area contributed by atoms with E-state index in [1.807, 2.05) is 28.5 Å². The molecule has 24 heavy (non-hydrogen) atoms. The van der Waals surface area contributed by atoms with Crippen LogP contribution < -0.4 is 5.32 Å². The molecule has 1 N–H and O–H groups in total. The normalized spacial score (nSPS) is 19.2. The molecule has 4 nitrogen and oxygen atoms in total. The van der Waals surface area contributed by atoms with Gasteiger partial charge in [0.25, 0.3) is 0 Å². The average Bonchev–Trinajstić information content (AvgIpc) is 3.04. The van der Waals surface area contributed by atoms with E-state index in [0.717, 1.165) is 23.7 Å². The van der Waals surface area contributed by atoms with Gasteiger partial charge < -0.3 is 5.32 Å². The van der Waals surface area contributed by atoms with Crippen LogP contribution in [0.15, 0.2) is 29.2 Å². The molecule has 2 rings (SSSR count). The van der Waals surface area contributed by atoms with E-state index in [0.29, 0.717) is 11.3 Å². The Bertz CT molecular complexity index is 638. The Labute approximate surface area is 152 Å². The molecule has 0 spiro atoms. The largest absolute Gasteiger partial charge is 0.350 e. The maximum Gasteiger partial charge on any atom is 0.220 e. The third-order valence-electron chi connectivity index (χ3n) is 4.09. The number of unbranched alkanes of at least 4 members (excludes halogenated alkanes) is 1. The number of hydrogen-bond acceptors (Lipinski definition) is 5. The Morgan fingerprint density at radius 3 is 2.58 bits per heavy atom. The molecule has 1 heterocycles. The van der Waals surface area contributed by atoms with Gasteiger partial charge in [0.05, 0.1) is 10.9 Å². The van der Waals surface area contributed by atoms with Crippen LogP contribution in [0.3, 0.4) is 0 Å². The molecule has 2 unspecified atom stereocenters. The van der Waals surface area contributed by atoms with Crippen LogP contribution in [0.2, 0.25) is 0 Å². The minimum Gasteiger partial charge on any atom is -0.350 e. The van der Waals surface area contributed by atoms with E-state index in [9.17, 15) is 13.2 Å². The van der Waals surface area contributed by atoms with Crippen LogP contribution >= 0.6 is 21.6 Å². The van der Waals surface area contributed by atoms with Gasteiger partial charge >= 0.3 is 0 Å². The van der Waals surface area contributed by atoms with Crippen LogP contribution in [0.25, 0.3) is 0 Å². The summed E-state index contributed by atoms with van der Waals surface area (Å²) >= 11 is 0. The molecule has 134 valence electrons. The van der Waals surface area contributed by atoms with Crippen LogP contribution in [0.5, 0.6) is 0 Å². The molecule has 1 aromatic carbocycles. The van der Waals surface area contributed by atoms with Crippen molar-refractivity contribution in [3.63, 3.8) is 0 Å². The highest BCUT2D eigenvalue weighted by Gasteiger charge is 2.16. The first kappa shape index (κ1) is 19.7. The Hall–Kier alpha value is -0.660. The van der Waals surface area contributed by atoms with Gasteiger partial charge in [0.15, 0.2) is 9.84 Å². The van der Waals surface area contributed by atoms with E-state index in [4.69, 9.17) is 0 Å². The topological polar surface area (TPSA) is 63.2 Å². The highest BCUT2D eigenvalue weighted by atomic mass is 33.1. The van der Waals surface area contributed by atoms with Crippen molar-refractivity contribution in [1.29, 1.82) is 0 Å². The van der Waals surface area contributed by atoms with Crippen LogP contribution in [-0.4, -0.2) is 31.6 Å². The summed E-state index contributed by atoms with van der Waals surface area (Å²) in [7, 11) is 0.759. The SMILES string of the molecule is CC(NC(=O)CCCCC1CCSS1)c1ccc(S(C)(=O)=O)cc1. The van der Waals surface area contributed by atoms with Crippen molar-refractivity contribution in [3.05, 3.63) is 29.8 Å². The zero-order valence-corrected chi connectivity index (χ0v) is 16.6. The summed E-state index contributed by atoms with van der Waals surface area (Å²) in [6, 6.07) is 6.58. The first-order chi connectivity index (χ1) is 11.4. The van der Waals surface area contributed by atoms with Crippen molar-refractivity contribution < 1.29 is 13.2 Å². The van der Waals surface area contributed by atoms with Gasteiger partial charge in [-0.2, -0.15) is 0 Å². The Kier molecular flexibility index (Phi) is 7.50. The summed E-state index contributed by atoms with van der Waals surface area (Å²) in [5.74, 6) is 1.31. The number of carbonyl (C=O) groups excluding carboxylic acids is 1. The van der Waals surface area contributed by atoms with Gasteiger partial charge in [-0.05, 0) is 43.9 Å². The maximum atomic E-state index is 12.0. The van der Waals surface area contributed by atoms with Gasteiger partial charge in [-0.3, -0.25) is 4.79 Å². The van der Waals surface area contributed by atoms with Crippen LogP contribution in [0, 0.1) is 0 Å². The summed E-state index contributed by atoms with van der Waals surface area (Å²) in [5.41, 5.74) is 0.912. The van der Waals surface area contributed by atoms with Gasteiger partial charge in [0.1, 0.15) is 0 Å². The predicted molar refractivity (Wildman–Crippen MR) is 103 cm³/mol. The lowest BCUT2D eigenvalue weighted by Gasteiger charge is -2.15. The van der Waals surface area contributed by atoms with Gasteiger partial charge in [0.2, 0.25) is 5.91 Å². The quantitative estimate of drug-likeness (QED) is 0.540. The molecule has 0 bridgehead atoms. The summed E-state index contributed by atoms with van der Waals surface area (Å²) < 4.78 is 22.9. The zero-order valence-electron chi connectivity index (χ0n) is 14.2. The highest BCUT2D eigenvalue weighted by Crippen LogP contribution is 2.39. The fourth-order valence-corrected chi connectivity index (χ4v) is 6.28. The van der Waals surface area contributed by atoms with Gasteiger partial charge in [-0.15, -0.1) is 0 Å². The second-order valence-corrected chi connectivity index (χ2v) is 11.0. The lowest BCUT2D eigenvalue weighted by Crippen LogP contribution is -2.26. The maximum absolute atomic E-state index is 12.0. The molecule has 1 aliphatic rings. The molecule has 0 radical (unpaired) electrons. The van der Waals surface area contributed by atoms with Crippen molar-refractivity contribution in [2.45, 2.75) is 55.2 Å². The molecule has 1 fully saturated rings. The van der Waals surface area contributed by atoms with Gasteiger partial charge in [-0.25, -0.2) is 8.42 Å². The number of hydrogen-bond donors (Lipinski definition) is 1. The molecule has 0 aromatic heterocycles. The minimum atomic E-state index is -3.18. The smallest absolute Gasteiger partial charge is 0.220 e. The molecule has 1 aliphatic heterocycles. The lowest BCUT2D eigenvalue weighted by atomic mass is 10.1. The molecule has 2 atom stereocenters. The monoisotopic (exact) mass is 387 g/mol. The van der Waals surface area contributed by atoms with E-state index < -0.39 is 9.84 Å². The van der Waals surface area contributed by atoms with Gasteiger partial charge in [0, 0.05) is 23.7 Å². The number of sulfone groups is 1. The third kappa shape index (κ3) is 6.33. The van der Waals surface area contributed by atoms with Crippen molar-refractivity contribution in [2.75, 3.05) is 12.0 Å². The molecule has 0 saturated carbocycles. The average molecular weight is 388 g/mol. The lowest BCUT2D eigenvalue weighted by molar-refractivity contribution is -0.121. The van der Waals surface area contributed by atoms with E-state index in [1.54, 1.807) is 24.3 Å². The fourth-order valence-electron chi connectivity index (χ4n) is 2.62. The third-order valence-corrected chi connectivity index (χ3v) is 8.23. The Balaban J connectivity index is 1.72. The zero-order chi connectivity index (χ0) is 17.6. The molecule has 1 saturated heterocycles. The summed E-state index contributed by atoms with van der Waals surface area (Å²) in [6.07, 6.45) is 6.26. The molecular weight excluding hydrogens is 362 g/mol. The predicted octanol–water partition coefficient (Wildman–Crippen LogP) is 3.98. The van der Waals surface area contributed by atoms with Crippen molar-refractivity contribution in [3.8, 4) is 0 Å². The number of benzene rings is 1. The summed E-state index contributed by atoms with van der Waals surface area (Å²) in [5, 5.41) is 3.75. The highest BCUT2D eigenvalue weighted by molar-refractivity contribution is 8.77. The molecule has 1 amide bonds. The van der Waals surface area contributed by atoms with E-state index >= 15 is 0 Å². The van der Waals surface area contributed by atoms with Crippen molar-refractivity contribution in [2.24, 2.45) is 0 Å². The first-order valence-electron chi connectivity index (χ1n) is 8.24. The number of nitrogens with one attached hydrogen (secondary N) is 1. The molecule has 1 aromatic rings. The van der Waals surface area contributed by atoms with E-state index in [1.165, 1.54) is 24.9 Å².